The van der Waals surface area contributed by atoms with E-state index in [1.165, 1.54) is 12.1 Å². The minimum absolute atomic E-state index is 0.149. The van der Waals surface area contributed by atoms with Crippen LogP contribution in [-0.2, 0) is 10.1 Å². The third-order valence-corrected chi connectivity index (χ3v) is 4.40. The van der Waals surface area contributed by atoms with Crippen LogP contribution in [0.3, 0.4) is 0 Å². The zero-order chi connectivity index (χ0) is 17.3. The van der Waals surface area contributed by atoms with E-state index < -0.39 is 10.1 Å². The van der Waals surface area contributed by atoms with Crippen molar-refractivity contribution in [1.82, 2.24) is 0 Å². The number of nitrogens with zero attached hydrogens (tertiary/aromatic N) is 2. The topological polar surface area (TPSA) is 99.3 Å². The normalized spacial score (nSPS) is 12.1. The van der Waals surface area contributed by atoms with Crippen molar-refractivity contribution in [2.24, 2.45) is 10.2 Å². The van der Waals surface area contributed by atoms with Crippen molar-refractivity contribution in [2.45, 2.75) is 11.8 Å². The van der Waals surface area contributed by atoms with Crippen LogP contribution in [0.4, 0.5) is 11.4 Å². The SMILES string of the molecule is Cc1cc(N=Nc2ccc3cc(S(=O)(=O)O)ccc3c2)ccc1O. The zero-order valence-corrected chi connectivity index (χ0v) is 13.5. The Balaban J connectivity index is 1.93. The van der Waals surface area contributed by atoms with Crippen molar-refractivity contribution in [2.75, 3.05) is 0 Å². The van der Waals surface area contributed by atoms with Crippen molar-refractivity contribution >= 4 is 32.3 Å². The molecule has 0 unspecified atom stereocenters. The van der Waals surface area contributed by atoms with E-state index in [1.807, 2.05) is 0 Å². The first-order chi connectivity index (χ1) is 11.3. The molecule has 0 aromatic heterocycles. The molecule has 0 bridgehead atoms. The Morgan fingerprint density at radius 3 is 2.08 bits per heavy atom. The molecule has 0 saturated heterocycles. The lowest BCUT2D eigenvalue weighted by molar-refractivity contribution is 0.471. The maximum Gasteiger partial charge on any atom is 0.294 e. The van der Waals surface area contributed by atoms with Gasteiger partial charge >= 0.3 is 0 Å². The van der Waals surface area contributed by atoms with E-state index >= 15 is 0 Å². The standard InChI is InChI=1S/C17H14N2O4S/c1-11-8-14(5-7-17(11)20)18-19-15-4-2-13-10-16(24(21,22)23)6-3-12(13)9-15/h2-10,20H,1H3,(H,21,22,23). The lowest BCUT2D eigenvalue weighted by Crippen LogP contribution is -1.97. The van der Waals surface area contributed by atoms with Crippen molar-refractivity contribution in [3.8, 4) is 5.75 Å². The molecule has 3 rings (SSSR count). The number of aryl methyl sites for hydroxylation is 1. The zero-order valence-electron chi connectivity index (χ0n) is 12.7. The van der Waals surface area contributed by atoms with E-state index in [2.05, 4.69) is 10.2 Å². The molecule has 0 saturated carbocycles. The fraction of sp³-hybridized carbons (Fsp3) is 0.0588. The molecule has 122 valence electrons. The molecular formula is C17H14N2O4S. The molecule has 7 heteroatoms. The Morgan fingerprint density at radius 2 is 1.42 bits per heavy atom. The fourth-order valence-electron chi connectivity index (χ4n) is 2.25. The van der Waals surface area contributed by atoms with Gasteiger partial charge in [0.25, 0.3) is 10.1 Å². The van der Waals surface area contributed by atoms with Gasteiger partial charge in [0.15, 0.2) is 0 Å². The van der Waals surface area contributed by atoms with Gasteiger partial charge in [0.05, 0.1) is 16.3 Å². The number of azo groups is 1. The summed E-state index contributed by atoms with van der Waals surface area (Å²) < 4.78 is 31.4. The molecule has 0 radical (unpaired) electrons. The molecule has 6 nitrogen and oxygen atoms in total. The van der Waals surface area contributed by atoms with Gasteiger partial charge in [-0.15, -0.1) is 0 Å². The molecule has 2 N–H and O–H groups in total. The van der Waals surface area contributed by atoms with Gasteiger partial charge in [0, 0.05) is 0 Å². The quantitative estimate of drug-likeness (QED) is 0.540. The summed E-state index contributed by atoms with van der Waals surface area (Å²) in [4.78, 5) is -0.149. The molecule has 0 fully saturated rings. The molecule has 0 aliphatic rings. The summed E-state index contributed by atoms with van der Waals surface area (Å²) in [5.41, 5.74) is 1.93. The molecule has 0 atom stereocenters. The lowest BCUT2D eigenvalue weighted by atomic mass is 10.1. The van der Waals surface area contributed by atoms with Crippen molar-refractivity contribution in [1.29, 1.82) is 0 Å². The second kappa shape index (κ2) is 6.03. The summed E-state index contributed by atoms with van der Waals surface area (Å²) in [6.45, 7) is 1.77. The number of rotatable bonds is 3. The van der Waals surface area contributed by atoms with Crippen molar-refractivity contribution < 1.29 is 18.1 Å². The van der Waals surface area contributed by atoms with Crippen LogP contribution >= 0.6 is 0 Å². The summed E-state index contributed by atoms with van der Waals surface area (Å²) in [5, 5.41) is 19.2. The maximum atomic E-state index is 11.2. The average molecular weight is 342 g/mol. The maximum absolute atomic E-state index is 11.2. The van der Waals surface area contributed by atoms with Crippen LogP contribution in [0.15, 0.2) is 69.7 Å². The Bertz CT molecular complexity index is 1060. The number of hydrogen-bond donors (Lipinski definition) is 2. The lowest BCUT2D eigenvalue weighted by Gasteiger charge is -2.02. The first kappa shape index (κ1) is 16.1. The van der Waals surface area contributed by atoms with E-state index in [0.717, 1.165) is 5.39 Å². The van der Waals surface area contributed by atoms with Crippen LogP contribution in [0.2, 0.25) is 0 Å². The van der Waals surface area contributed by atoms with Gasteiger partial charge in [0.2, 0.25) is 0 Å². The van der Waals surface area contributed by atoms with E-state index in [0.29, 0.717) is 22.3 Å². The van der Waals surface area contributed by atoms with Gasteiger partial charge in [-0.3, -0.25) is 4.55 Å². The van der Waals surface area contributed by atoms with Crippen molar-refractivity contribution in [3.05, 3.63) is 60.2 Å². The van der Waals surface area contributed by atoms with Gasteiger partial charge in [0.1, 0.15) is 5.75 Å². The Labute approximate surface area is 138 Å². The predicted molar refractivity (Wildman–Crippen MR) is 90.8 cm³/mol. The first-order valence-electron chi connectivity index (χ1n) is 7.05. The van der Waals surface area contributed by atoms with E-state index in [1.54, 1.807) is 49.4 Å². The van der Waals surface area contributed by atoms with Crippen LogP contribution in [-0.4, -0.2) is 18.1 Å². The summed E-state index contributed by atoms with van der Waals surface area (Å²) in [6.07, 6.45) is 0. The first-order valence-corrected chi connectivity index (χ1v) is 8.50. The summed E-state index contributed by atoms with van der Waals surface area (Å²) in [6, 6.07) is 14.4. The highest BCUT2D eigenvalue weighted by molar-refractivity contribution is 7.85. The minimum atomic E-state index is -4.22. The Kier molecular flexibility index (Phi) is 4.04. The fourth-order valence-corrected chi connectivity index (χ4v) is 2.77. The Morgan fingerprint density at radius 1 is 0.833 bits per heavy atom. The summed E-state index contributed by atoms with van der Waals surface area (Å²) in [7, 11) is -4.22. The summed E-state index contributed by atoms with van der Waals surface area (Å²) >= 11 is 0. The minimum Gasteiger partial charge on any atom is -0.508 e. The second-order valence-corrected chi connectivity index (χ2v) is 6.76. The molecule has 0 spiro atoms. The number of phenols is 1. The third-order valence-electron chi connectivity index (χ3n) is 3.55. The number of phenolic OH excluding ortho intramolecular Hbond substituents is 1. The molecule has 24 heavy (non-hydrogen) atoms. The third kappa shape index (κ3) is 3.42. The predicted octanol–water partition coefficient (Wildman–Crippen LogP) is 4.52. The van der Waals surface area contributed by atoms with Gasteiger partial charge in [-0.1, -0.05) is 12.1 Å². The molecule has 0 heterocycles. The number of hydrogen-bond acceptors (Lipinski definition) is 5. The van der Waals surface area contributed by atoms with Crippen LogP contribution in [0.5, 0.6) is 5.75 Å². The van der Waals surface area contributed by atoms with Crippen LogP contribution < -0.4 is 0 Å². The van der Waals surface area contributed by atoms with Gasteiger partial charge in [-0.05, 0) is 65.7 Å². The number of fused-ring (bicyclic) bond motifs is 1. The largest absolute Gasteiger partial charge is 0.508 e. The van der Waals surface area contributed by atoms with Gasteiger partial charge in [-0.2, -0.15) is 18.6 Å². The van der Waals surface area contributed by atoms with E-state index in [9.17, 15) is 13.5 Å². The van der Waals surface area contributed by atoms with Crippen LogP contribution in [0, 0.1) is 6.92 Å². The van der Waals surface area contributed by atoms with E-state index in [-0.39, 0.29) is 10.6 Å². The molecule has 0 aliphatic carbocycles. The second-order valence-electron chi connectivity index (χ2n) is 5.34. The number of benzene rings is 3. The highest BCUT2D eigenvalue weighted by atomic mass is 32.2. The van der Waals surface area contributed by atoms with Gasteiger partial charge in [-0.25, -0.2) is 0 Å². The molecule has 3 aromatic carbocycles. The van der Waals surface area contributed by atoms with Crippen molar-refractivity contribution in [3.63, 3.8) is 0 Å². The summed E-state index contributed by atoms with van der Waals surface area (Å²) in [5.74, 6) is 0.203. The Hall–Kier alpha value is -2.77. The highest BCUT2D eigenvalue weighted by Gasteiger charge is 2.09. The van der Waals surface area contributed by atoms with E-state index in [4.69, 9.17) is 4.55 Å². The molecule has 0 aliphatic heterocycles. The molecule has 0 amide bonds. The molecule has 3 aromatic rings. The molecular weight excluding hydrogens is 328 g/mol. The highest BCUT2D eigenvalue weighted by Crippen LogP contribution is 2.27. The monoisotopic (exact) mass is 342 g/mol. The smallest absolute Gasteiger partial charge is 0.294 e. The van der Waals surface area contributed by atoms with Crippen LogP contribution in [0.25, 0.3) is 10.8 Å². The van der Waals surface area contributed by atoms with Gasteiger partial charge < -0.3 is 5.11 Å². The number of aromatic hydroxyl groups is 1. The van der Waals surface area contributed by atoms with Crippen LogP contribution in [0.1, 0.15) is 5.56 Å². The average Bonchev–Trinajstić information content (AvgIpc) is 2.54.